The Labute approximate surface area is 109 Å². The molecular weight excluding hydrogens is 247 g/mol. The van der Waals surface area contributed by atoms with Crippen LogP contribution >= 0.6 is 0 Å². The molecule has 96 valence electrons. The van der Waals surface area contributed by atoms with Crippen molar-refractivity contribution in [2.24, 2.45) is 0 Å². The Kier molecular flexibility index (Phi) is 3.42. The van der Waals surface area contributed by atoms with Crippen molar-refractivity contribution in [3.63, 3.8) is 0 Å². The first-order valence-electron chi connectivity index (χ1n) is 5.63. The number of rotatable bonds is 3. The van der Waals surface area contributed by atoms with Gasteiger partial charge in [-0.15, -0.1) is 0 Å². The lowest BCUT2D eigenvalue weighted by molar-refractivity contribution is 0.0696. The Balaban J connectivity index is 2.50. The molecule has 0 saturated carbocycles. The Morgan fingerprint density at radius 2 is 1.79 bits per heavy atom. The SMILES string of the molecule is CC(=O)c1cccc(-c2ccc(C(=O)O)cc2F)c1. The second-order valence-electron chi connectivity index (χ2n) is 4.14. The normalized spacial score (nSPS) is 10.2. The Morgan fingerprint density at radius 1 is 1.05 bits per heavy atom. The zero-order valence-electron chi connectivity index (χ0n) is 10.2. The van der Waals surface area contributed by atoms with Crippen molar-refractivity contribution >= 4 is 11.8 Å². The molecule has 0 aliphatic heterocycles. The zero-order chi connectivity index (χ0) is 14.0. The maximum atomic E-state index is 13.9. The van der Waals surface area contributed by atoms with Gasteiger partial charge in [0.15, 0.2) is 5.78 Å². The fourth-order valence-electron chi connectivity index (χ4n) is 1.79. The van der Waals surface area contributed by atoms with Gasteiger partial charge in [-0.05, 0) is 30.7 Å². The first-order chi connectivity index (χ1) is 8.99. The number of carbonyl (C=O) groups is 2. The van der Waals surface area contributed by atoms with E-state index in [1.807, 2.05) is 0 Å². The van der Waals surface area contributed by atoms with E-state index in [4.69, 9.17) is 5.11 Å². The lowest BCUT2D eigenvalue weighted by Gasteiger charge is -2.06. The van der Waals surface area contributed by atoms with Gasteiger partial charge in [0.1, 0.15) is 5.82 Å². The van der Waals surface area contributed by atoms with Gasteiger partial charge >= 0.3 is 5.97 Å². The minimum atomic E-state index is -1.18. The third kappa shape index (κ3) is 2.68. The average molecular weight is 258 g/mol. The highest BCUT2D eigenvalue weighted by molar-refractivity contribution is 5.95. The van der Waals surface area contributed by atoms with Gasteiger partial charge < -0.3 is 5.11 Å². The molecule has 0 spiro atoms. The maximum absolute atomic E-state index is 13.9. The van der Waals surface area contributed by atoms with Gasteiger partial charge in [0.05, 0.1) is 5.56 Å². The molecule has 0 bridgehead atoms. The molecule has 2 aromatic rings. The summed E-state index contributed by atoms with van der Waals surface area (Å²) in [4.78, 5) is 22.0. The largest absolute Gasteiger partial charge is 0.478 e. The molecule has 2 aromatic carbocycles. The number of ketones is 1. The number of Topliss-reactive ketones (excluding diaryl/α,β-unsaturated/α-hetero) is 1. The van der Waals surface area contributed by atoms with E-state index in [-0.39, 0.29) is 16.9 Å². The molecular formula is C15H11FO3. The summed E-state index contributed by atoms with van der Waals surface area (Å²) in [7, 11) is 0. The van der Waals surface area contributed by atoms with Crippen molar-refractivity contribution in [3.8, 4) is 11.1 Å². The van der Waals surface area contributed by atoms with Crippen molar-refractivity contribution in [2.75, 3.05) is 0 Å². The number of benzene rings is 2. The molecule has 4 heteroatoms. The van der Waals surface area contributed by atoms with Crippen molar-refractivity contribution in [2.45, 2.75) is 6.92 Å². The summed E-state index contributed by atoms with van der Waals surface area (Å²) < 4.78 is 13.9. The van der Waals surface area contributed by atoms with Crippen molar-refractivity contribution in [1.29, 1.82) is 0 Å². The van der Waals surface area contributed by atoms with Crippen LogP contribution in [0.5, 0.6) is 0 Å². The molecule has 0 aliphatic rings. The third-order valence-corrected chi connectivity index (χ3v) is 2.80. The molecule has 0 radical (unpaired) electrons. The van der Waals surface area contributed by atoms with Crippen LogP contribution in [0.4, 0.5) is 4.39 Å². The van der Waals surface area contributed by atoms with E-state index in [1.165, 1.54) is 19.1 Å². The van der Waals surface area contributed by atoms with E-state index in [0.29, 0.717) is 11.1 Å². The van der Waals surface area contributed by atoms with Crippen LogP contribution in [0.1, 0.15) is 27.6 Å². The highest BCUT2D eigenvalue weighted by Gasteiger charge is 2.10. The Hall–Kier alpha value is -2.49. The minimum Gasteiger partial charge on any atom is -0.478 e. The molecule has 0 aliphatic carbocycles. The summed E-state index contributed by atoms with van der Waals surface area (Å²) in [5, 5.41) is 8.78. The predicted octanol–water partition coefficient (Wildman–Crippen LogP) is 3.39. The molecule has 0 heterocycles. The lowest BCUT2D eigenvalue weighted by Crippen LogP contribution is -1.98. The quantitative estimate of drug-likeness (QED) is 0.858. The van der Waals surface area contributed by atoms with Crippen LogP contribution in [0.15, 0.2) is 42.5 Å². The number of carboxylic acid groups (broad SMARTS) is 1. The van der Waals surface area contributed by atoms with E-state index >= 15 is 0 Å². The van der Waals surface area contributed by atoms with E-state index in [9.17, 15) is 14.0 Å². The zero-order valence-corrected chi connectivity index (χ0v) is 10.2. The summed E-state index contributed by atoms with van der Waals surface area (Å²) in [6.07, 6.45) is 0. The van der Waals surface area contributed by atoms with Crippen LogP contribution < -0.4 is 0 Å². The Bertz CT molecular complexity index is 662. The maximum Gasteiger partial charge on any atom is 0.335 e. The van der Waals surface area contributed by atoms with Crippen molar-refractivity contribution < 1.29 is 19.1 Å². The smallest absolute Gasteiger partial charge is 0.335 e. The van der Waals surface area contributed by atoms with Crippen LogP contribution in [-0.4, -0.2) is 16.9 Å². The van der Waals surface area contributed by atoms with Crippen LogP contribution in [0.3, 0.4) is 0 Å². The summed E-state index contributed by atoms with van der Waals surface area (Å²) in [5.41, 5.74) is 1.19. The highest BCUT2D eigenvalue weighted by Crippen LogP contribution is 2.24. The molecule has 19 heavy (non-hydrogen) atoms. The van der Waals surface area contributed by atoms with E-state index in [2.05, 4.69) is 0 Å². The average Bonchev–Trinajstić information content (AvgIpc) is 2.38. The second kappa shape index (κ2) is 5.02. The number of aromatic carboxylic acids is 1. The molecule has 0 amide bonds. The molecule has 0 saturated heterocycles. The summed E-state index contributed by atoms with van der Waals surface area (Å²) in [6.45, 7) is 1.43. The number of carboxylic acids is 1. The molecule has 0 unspecified atom stereocenters. The van der Waals surface area contributed by atoms with Crippen molar-refractivity contribution in [3.05, 3.63) is 59.4 Å². The molecule has 1 N–H and O–H groups in total. The van der Waals surface area contributed by atoms with Gasteiger partial charge in [-0.1, -0.05) is 24.3 Å². The summed E-state index contributed by atoms with van der Waals surface area (Å²) >= 11 is 0. The van der Waals surface area contributed by atoms with E-state index in [1.54, 1.807) is 24.3 Å². The van der Waals surface area contributed by atoms with Gasteiger partial charge in [0.25, 0.3) is 0 Å². The molecule has 0 aromatic heterocycles. The minimum absolute atomic E-state index is 0.107. The van der Waals surface area contributed by atoms with Gasteiger partial charge in [-0.2, -0.15) is 0 Å². The number of halogens is 1. The van der Waals surface area contributed by atoms with Gasteiger partial charge in [-0.25, -0.2) is 9.18 Å². The topological polar surface area (TPSA) is 54.4 Å². The fraction of sp³-hybridized carbons (Fsp3) is 0.0667. The van der Waals surface area contributed by atoms with Gasteiger partial charge in [-0.3, -0.25) is 4.79 Å². The number of hydrogen-bond donors (Lipinski definition) is 1. The van der Waals surface area contributed by atoms with Crippen LogP contribution in [0.25, 0.3) is 11.1 Å². The Morgan fingerprint density at radius 3 is 2.37 bits per heavy atom. The van der Waals surface area contributed by atoms with Crippen LogP contribution in [0.2, 0.25) is 0 Å². The first kappa shape index (κ1) is 13.0. The van der Waals surface area contributed by atoms with E-state index in [0.717, 1.165) is 6.07 Å². The van der Waals surface area contributed by atoms with Gasteiger partial charge in [0.2, 0.25) is 0 Å². The standard InChI is InChI=1S/C15H11FO3/c1-9(17)10-3-2-4-11(7-10)13-6-5-12(15(18)19)8-14(13)16/h2-8H,1H3,(H,18,19). The summed E-state index contributed by atoms with van der Waals surface area (Å²) in [6, 6.07) is 10.3. The van der Waals surface area contributed by atoms with Crippen LogP contribution in [-0.2, 0) is 0 Å². The lowest BCUT2D eigenvalue weighted by atomic mass is 10.00. The van der Waals surface area contributed by atoms with Crippen molar-refractivity contribution in [1.82, 2.24) is 0 Å². The third-order valence-electron chi connectivity index (χ3n) is 2.80. The fourth-order valence-corrected chi connectivity index (χ4v) is 1.79. The number of carbonyl (C=O) groups excluding carboxylic acids is 1. The van der Waals surface area contributed by atoms with E-state index < -0.39 is 11.8 Å². The van der Waals surface area contributed by atoms with Gasteiger partial charge in [0, 0.05) is 11.1 Å². The first-order valence-corrected chi connectivity index (χ1v) is 5.63. The molecule has 0 fully saturated rings. The second-order valence-corrected chi connectivity index (χ2v) is 4.14. The number of hydrogen-bond acceptors (Lipinski definition) is 2. The van der Waals surface area contributed by atoms with Crippen LogP contribution in [0, 0.1) is 5.82 Å². The molecule has 3 nitrogen and oxygen atoms in total. The monoisotopic (exact) mass is 258 g/mol. The molecule has 2 rings (SSSR count). The molecule has 0 atom stereocenters. The summed E-state index contributed by atoms with van der Waals surface area (Å²) in [5.74, 6) is -1.91. The highest BCUT2D eigenvalue weighted by atomic mass is 19.1. The predicted molar refractivity (Wildman–Crippen MR) is 68.8 cm³/mol.